The summed E-state index contributed by atoms with van der Waals surface area (Å²) in [5.41, 5.74) is 0. The van der Waals surface area contributed by atoms with Crippen LogP contribution < -0.4 is 0 Å². The SMILES string of the molecule is CCCCCCCCCCCCOC(=O)CC(CCC(C)C1COCCO1)C1COCCO1. The highest BCUT2D eigenvalue weighted by atomic mass is 16.6. The lowest BCUT2D eigenvalue weighted by molar-refractivity contribution is -0.151. The summed E-state index contributed by atoms with van der Waals surface area (Å²) in [5, 5.41) is 0. The molecular formula is C27H50O6. The second-order valence-electron chi connectivity index (χ2n) is 9.89. The molecule has 0 saturated carbocycles. The van der Waals surface area contributed by atoms with Crippen LogP contribution in [0.2, 0.25) is 0 Å². The van der Waals surface area contributed by atoms with Crippen molar-refractivity contribution in [2.24, 2.45) is 11.8 Å². The van der Waals surface area contributed by atoms with Gasteiger partial charge in [0.2, 0.25) is 0 Å². The molecule has 6 heteroatoms. The van der Waals surface area contributed by atoms with E-state index in [0.717, 1.165) is 25.7 Å². The zero-order valence-electron chi connectivity index (χ0n) is 21.4. The van der Waals surface area contributed by atoms with Gasteiger partial charge in [-0.25, -0.2) is 0 Å². The minimum Gasteiger partial charge on any atom is -0.466 e. The maximum absolute atomic E-state index is 12.5. The summed E-state index contributed by atoms with van der Waals surface area (Å²) in [5.74, 6) is 0.410. The molecule has 2 aliphatic heterocycles. The molecule has 2 rings (SSSR count). The van der Waals surface area contributed by atoms with E-state index in [9.17, 15) is 4.79 Å². The van der Waals surface area contributed by atoms with Crippen LogP contribution >= 0.6 is 0 Å². The summed E-state index contributed by atoms with van der Waals surface area (Å²) < 4.78 is 28.5. The number of ether oxygens (including phenoxy) is 5. The predicted molar refractivity (Wildman–Crippen MR) is 130 cm³/mol. The molecule has 194 valence electrons. The zero-order valence-corrected chi connectivity index (χ0v) is 21.4. The monoisotopic (exact) mass is 470 g/mol. The van der Waals surface area contributed by atoms with E-state index in [1.165, 1.54) is 51.4 Å². The first-order valence-corrected chi connectivity index (χ1v) is 13.7. The third kappa shape index (κ3) is 13.1. The lowest BCUT2D eigenvalue weighted by atomic mass is 9.88. The van der Waals surface area contributed by atoms with E-state index >= 15 is 0 Å². The Morgan fingerprint density at radius 3 is 1.94 bits per heavy atom. The zero-order chi connectivity index (χ0) is 23.6. The molecule has 6 nitrogen and oxygen atoms in total. The van der Waals surface area contributed by atoms with E-state index < -0.39 is 0 Å². The van der Waals surface area contributed by atoms with Gasteiger partial charge in [-0.15, -0.1) is 0 Å². The van der Waals surface area contributed by atoms with Crippen LogP contribution in [0.4, 0.5) is 0 Å². The van der Waals surface area contributed by atoms with Crippen LogP contribution in [0.25, 0.3) is 0 Å². The molecule has 2 heterocycles. The van der Waals surface area contributed by atoms with Gasteiger partial charge in [-0.2, -0.15) is 0 Å². The van der Waals surface area contributed by atoms with Gasteiger partial charge in [0.1, 0.15) is 0 Å². The van der Waals surface area contributed by atoms with Crippen LogP contribution in [-0.2, 0) is 28.5 Å². The summed E-state index contributed by atoms with van der Waals surface area (Å²) in [6, 6.07) is 0. The van der Waals surface area contributed by atoms with Crippen molar-refractivity contribution in [2.45, 2.75) is 110 Å². The molecular weight excluding hydrogens is 420 g/mol. The second-order valence-corrected chi connectivity index (χ2v) is 9.89. The molecule has 2 fully saturated rings. The Kier molecular flexibility index (Phi) is 16.1. The summed E-state index contributed by atoms with van der Waals surface area (Å²) in [6.07, 6.45) is 15.2. The largest absolute Gasteiger partial charge is 0.466 e. The van der Waals surface area contributed by atoms with Crippen molar-refractivity contribution in [3.05, 3.63) is 0 Å². The van der Waals surface area contributed by atoms with Crippen molar-refractivity contribution in [1.29, 1.82) is 0 Å². The normalized spacial score (nSPS) is 23.2. The van der Waals surface area contributed by atoms with E-state index in [0.29, 0.717) is 58.6 Å². The number of hydrogen-bond acceptors (Lipinski definition) is 6. The molecule has 4 unspecified atom stereocenters. The molecule has 0 N–H and O–H groups in total. The van der Waals surface area contributed by atoms with Gasteiger partial charge in [-0.1, -0.05) is 71.6 Å². The maximum Gasteiger partial charge on any atom is 0.306 e. The fourth-order valence-electron chi connectivity index (χ4n) is 4.74. The third-order valence-electron chi connectivity index (χ3n) is 7.03. The van der Waals surface area contributed by atoms with Crippen molar-refractivity contribution in [3.8, 4) is 0 Å². The average Bonchev–Trinajstić information content (AvgIpc) is 2.86. The third-order valence-corrected chi connectivity index (χ3v) is 7.03. The maximum atomic E-state index is 12.5. The van der Waals surface area contributed by atoms with Gasteiger partial charge in [0.25, 0.3) is 0 Å². The number of esters is 1. The molecule has 0 spiro atoms. The van der Waals surface area contributed by atoms with Crippen LogP contribution in [0.1, 0.15) is 97.3 Å². The Morgan fingerprint density at radius 1 is 0.788 bits per heavy atom. The first kappa shape index (κ1) is 28.5. The highest BCUT2D eigenvalue weighted by molar-refractivity contribution is 5.69. The summed E-state index contributed by atoms with van der Waals surface area (Å²) in [6.45, 7) is 8.82. The van der Waals surface area contributed by atoms with Crippen LogP contribution in [0, 0.1) is 11.8 Å². The van der Waals surface area contributed by atoms with E-state index in [2.05, 4.69) is 13.8 Å². The molecule has 2 saturated heterocycles. The van der Waals surface area contributed by atoms with Gasteiger partial charge in [0.15, 0.2) is 0 Å². The van der Waals surface area contributed by atoms with Crippen LogP contribution in [0.5, 0.6) is 0 Å². The van der Waals surface area contributed by atoms with Gasteiger partial charge in [0, 0.05) is 0 Å². The molecule has 2 aliphatic rings. The van der Waals surface area contributed by atoms with Crippen molar-refractivity contribution < 1.29 is 28.5 Å². The summed E-state index contributed by atoms with van der Waals surface area (Å²) >= 11 is 0. The van der Waals surface area contributed by atoms with Crippen LogP contribution in [-0.4, -0.2) is 64.4 Å². The van der Waals surface area contributed by atoms with Gasteiger partial charge in [0.05, 0.1) is 64.9 Å². The number of carbonyl (C=O) groups is 1. The van der Waals surface area contributed by atoms with Crippen molar-refractivity contribution >= 4 is 5.97 Å². The second kappa shape index (κ2) is 18.6. The van der Waals surface area contributed by atoms with Crippen molar-refractivity contribution in [2.75, 3.05) is 46.2 Å². The number of rotatable bonds is 18. The Morgan fingerprint density at radius 2 is 1.36 bits per heavy atom. The molecule has 0 aromatic heterocycles. The minimum absolute atomic E-state index is 0.0284. The molecule has 0 aromatic carbocycles. The van der Waals surface area contributed by atoms with Gasteiger partial charge in [-0.05, 0) is 31.1 Å². The number of hydrogen-bond donors (Lipinski definition) is 0. The molecule has 0 aliphatic carbocycles. The Hall–Kier alpha value is -0.690. The standard InChI is InChI=1S/C27H50O6/c1-3-4-5-6-7-8-9-10-11-12-15-33-27(28)20-24(26-22-30-17-19-32-26)14-13-23(2)25-21-29-16-18-31-25/h23-26H,3-22H2,1-2H3. The van der Waals surface area contributed by atoms with Crippen molar-refractivity contribution in [1.82, 2.24) is 0 Å². The first-order chi connectivity index (χ1) is 16.2. The van der Waals surface area contributed by atoms with E-state index in [-0.39, 0.29) is 24.1 Å². The molecule has 4 atom stereocenters. The predicted octanol–water partition coefficient (Wildman–Crippen LogP) is 5.70. The number of carbonyl (C=O) groups excluding carboxylic acids is 1. The van der Waals surface area contributed by atoms with E-state index in [1.807, 2.05) is 0 Å². The molecule has 0 bridgehead atoms. The molecule has 0 amide bonds. The Labute approximate surface area is 202 Å². The fraction of sp³-hybridized carbons (Fsp3) is 0.963. The Balaban J connectivity index is 1.59. The van der Waals surface area contributed by atoms with Crippen molar-refractivity contribution in [3.63, 3.8) is 0 Å². The molecule has 0 aromatic rings. The van der Waals surface area contributed by atoms with Gasteiger partial charge >= 0.3 is 5.97 Å². The summed E-state index contributed by atoms with van der Waals surface area (Å²) in [4.78, 5) is 12.5. The smallest absolute Gasteiger partial charge is 0.306 e. The van der Waals surface area contributed by atoms with E-state index in [1.54, 1.807) is 0 Å². The number of unbranched alkanes of at least 4 members (excludes halogenated alkanes) is 9. The van der Waals surface area contributed by atoms with Crippen LogP contribution in [0.3, 0.4) is 0 Å². The molecule has 0 radical (unpaired) electrons. The lowest BCUT2D eigenvalue weighted by Crippen LogP contribution is -2.38. The first-order valence-electron chi connectivity index (χ1n) is 13.7. The van der Waals surface area contributed by atoms with E-state index in [4.69, 9.17) is 23.7 Å². The lowest BCUT2D eigenvalue weighted by Gasteiger charge is -2.32. The van der Waals surface area contributed by atoms with Gasteiger partial charge < -0.3 is 23.7 Å². The summed E-state index contributed by atoms with van der Waals surface area (Å²) in [7, 11) is 0. The van der Waals surface area contributed by atoms with Gasteiger partial charge in [-0.3, -0.25) is 4.79 Å². The van der Waals surface area contributed by atoms with Crippen LogP contribution in [0.15, 0.2) is 0 Å². The highest BCUT2D eigenvalue weighted by Gasteiger charge is 2.30. The quantitative estimate of drug-likeness (QED) is 0.189. The average molecular weight is 471 g/mol. The topological polar surface area (TPSA) is 63.2 Å². The molecule has 33 heavy (non-hydrogen) atoms. The minimum atomic E-state index is -0.102. The fourth-order valence-corrected chi connectivity index (χ4v) is 4.74. The Bertz CT molecular complexity index is 473. The highest BCUT2D eigenvalue weighted by Crippen LogP contribution is 2.26.